The Labute approximate surface area is 191 Å². The number of unbranched alkanes of at least 4 members (excludes halogenated alkanes) is 1. The molecule has 8 N–H and O–H groups in total. The summed E-state index contributed by atoms with van der Waals surface area (Å²) in [7, 11) is 0. The van der Waals surface area contributed by atoms with Gasteiger partial charge in [0.05, 0.1) is 27.0 Å². The molecule has 1 atom stereocenters. The molecule has 3 rings (SSSR count). The van der Waals surface area contributed by atoms with Crippen molar-refractivity contribution < 1.29 is 4.79 Å². The minimum atomic E-state index is -0.494. The molecule has 10 heteroatoms. The van der Waals surface area contributed by atoms with Crippen LogP contribution in [0.15, 0.2) is 42.5 Å². The molecule has 6 nitrogen and oxygen atoms in total. The first kappa shape index (κ1) is 27.4. The predicted molar refractivity (Wildman–Crippen MR) is 129 cm³/mol. The minimum absolute atomic E-state index is 0. The zero-order valence-corrected chi connectivity index (χ0v) is 18.9. The van der Waals surface area contributed by atoms with E-state index in [9.17, 15) is 4.79 Å². The summed E-state index contributed by atoms with van der Waals surface area (Å²) in [4.78, 5) is 14.9. The highest BCUT2D eigenvalue weighted by Gasteiger charge is 2.07. The van der Waals surface area contributed by atoms with Gasteiger partial charge in [-0.15, -0.1) is 36.2 Å². The largest absolute Gasteiger partial charge is 0.398 e. The summed E-state index contributed by atoms with van der Waals surface area (Å²) in [5.74, 6) is -0.433. The molecule has 0 aliphatic heterocycles. The molecule has 0 spiro atoms. The summed E-state index contributed by atoms with van der Waals surface area (Å²) in [5.41, 5.74) is 23.8. The number of rotatable bonds is 6. The van der Waals surface area contributed by atoms with Crippen molar-refractivity contribution in [2.75, 3.05) is 12.3 Å². The molecule has 0 radical (unpaired) electrons. The summed E-state index contributed by atoms with van der Waals surface area (Å²) in [6, 6.07) is 13.2. The molecule has 3 aromatic rings. The second-order valence-corrected chi connectivity index (χ2v) is 7.45. The number of nitrogens with zero attached hydrogens (tertiary/aromatic N) is 1. The minimum Gasteiger partial charge on any atom is -0.398 e. The molecular weight excluding hydrogens is 453 g/mol. The van der Waals surface area contributed by atoms with Crippen LogP contribution < -0.4 is 22.9 Å². The summed E-state index contributed by atoms with van der Waals surface area (Å²) >= 11 is 7.67. The fraction of sp³-hybridized carbons (Fsp3) is 0.263. The highest BCUT2D eigenvalue weighted by atomic mass is 35.5. The summed E-state index contributed by atoms with van der Waals surface area (Å²) < 4.78 is 1.18. The van der Waals surface area contributed by atoms with E-state index in [4.69, 9.17) is 34.5 Å². The lowest BCUT2D eigenvalue weighted by Gasteiger charge is -2.04. The number of anilines is 1. The van der Waals surface area contributed by atoms with Gasteiger partial charge in [-0.1, -0.05) is 30.2 Å². The van der Waals surface area contributed by atoms with Gasteiger partial charge in [0.15, 0.2) is 0 Å². The molecule has 1 amide bonds. The highest BCUT2D eigenvalue weighted by Crippen LogP contribution is 2.32. The molecule has 0 bridgehead atoms. The molecule has 0 fully saturated rings. The first-order valence-electron chi connectivity index (χ1n) is 8.58. The van der Waals surface area contributed by atoms with Crippen LogP contribution >= 0.6 is 47.8 Å². The van der Waals surface area contributed by atoms with Crippen molar-refractivity contribution in [3.8, 4) is 10.6 Å². The van der Waals surface area contributed by atoms with Gasteiger partial charge in [0.25, 0.3) is 0 Å². The highest BCUT2D eigenvalue weighted by molar-refractivity contribution is 7.21. The number of hydrogen-bond acceptors (Lipinski definition) is 6. The second kappa shape index (κ2) is 13.6. The first-order chi connectivity index (χ1) is 12.9. The van der Waals surface area contributed by atoms with Crippen LogP contribution in [0.25, 0.3) is 20.8 Å². The van der Waals surface area contributed by atoms with E-state index in [1.165, 1.54) is 4.70 Å². The van der Waals surface area contributed by atoms with Gasteiger partial charge in [-0.25, -0.2) is 4.98 Å². The smallest absolute Gasteiger partial charge is 0.234 e. The molecular formula is C19H26Cl3N5OS. The second-order valence-electron chi connectivity index (χ2n) is 6.02. The number of para-hydroxylation sites is 1. The van der Waals surface area contributed by atoms with Crippen molar-refractivity contribution in [1.29, 1.82) is 0 Å². The molecule has 1 aromatic heterocycles. The van der Waals surface area contributed by atoms with Crippen molar-refractivity contribution in [3.63, 3.8) is 0 Å². The van der Waals surface area contributed by atoms with E-state index in [0.717, 1.165) is 28.9 Å². The Kier molecular flexibility index (Phi) is 12.8. The maximum absolute atomic E-state index is 10.4. The standard InChI is InChI=1S/C13H9ClN2S.C6H15N3O.2ClH/c14-9-7-8(5-6-10(9)15)13-16-11-3-1-2-4-12(11)17-13;7-4-2-1-3-5(8)6(9)10;;/h1-7H,15H2;5H,1-4,7-8H2,(H2,9,10);2*1H/t;5-;;/m.0../s1. The number of nitrogens with two attached hydrogens (primary N) is 4. The number of thiazole rings is 1. The van der Waals surface area contributed by atoms with Gasteiger partial charge in [0.2, 0.25) is 5.91 Å². The molecule has 160 valence electrons. The monoisotopic (exact) mass is 477 g/mol. The third kappa shape index (κ3) is 8.34. The zero-order chi connectivity index (χ0) is 19.8. The van der Waals surface area contributed by atoms with E-state index in [2.05, 4.69) is 11.1 Å². The molecule has 2 aromatic carbocycles. The van der Waals surface area contributed by atoms with Gasteiger partial charge in [-0.2, -0.15) is 0 Å². The molecule has 0 unspecified atom stereocenters. The number of amides is 1. The fourth-order valence-electron chi connectivity index (χ4n) is 2.31. The number of carbonyl (C=O) groups excluding carboxylic acids is 1. The molecule has 0 aliphatic rings. The maximum atomic E-state index is 10.4. The van der Waals surface area contributed by atoms with Crippen LogP contribution in [0, 0.1) is 0 Å². The Hall–Kier alpha value is -1.61. The van der Waals surface area contributed by atoms with Crippen molar-refractivity contribution in [2.45, 2.75) is 25.3 Å². The van der Waals surface area contributed by atoms with Crippen LogP contribution in [0.2, 0.25) is 5.02 Å². The molecule has 0 saturated heterocycles. The number of primary amides is 1. The Bertz CT molecular complexity index is 873. The Morgan fingerprint density at radius 1 is 1.14 bits per heavy atom. The number of benzene rings is 2. The predicted octanol–water partition coefficient (Wildman–Crippen LogP) is 3.97. The quantitative estimate of drug-likeness (QED) is 0.314. The van der Waals surface area contributed by atoms with E-state index in [1.807, 2.05) is 36.4 Å². The zero-order valence-electron chi connectivity index (χ0n) is 15.7. The van der Waals surface area contributed by atoms with E-state index >= 15 is 0 Å². The lowest BCUT2D eigenvalue weighted by atomic mass is 10.1. The van der Waals surface area contributed by atoms with Crippen molar-refractivity contribution in [1.82, 2.24) is 4.98 Å². The molecule has 0 aliphatic carbocycles. The number of halogens is 3. The number of carbonyl (C=O) groups is 1. The lowest BCUT2D eigenvalue weighted by molar-refractivity contribution is -0.119. The van der Waals surface area contributed by atoms with Crippen LogP contribution in [0.5, 0.6) is 0 Å². The first-order valence-corrected chi connectivity index (χ1v) is 9.77. The van der Waals surface area contributed by atoms with Gasteiger partial charge in [-0.05, 0) is 49.7 Å². The molecule has 29 heavy (non-hydrogen) atoms. The number of nitrogen functional groups attached to an aromatic ring is 1. The summed E-state index contributed by atoms with van der Waals surface area (Å²) in [6.45, 7) is 0.644. The van der Waals surface area contributed by atoms with Crippen LogP contribution in [-0.4, -0.2) is 23.5 Å². The molecule has 0 saturated carbocycles. The Morgan fingerprint density at radius 2 is 1.83 bits per heavy atom. The third-order valence-corrected chi connectivity index (χ3v) is 5.29. The summed E-state index contributed by atoms with van der Waals surface area (Å²) in [6.07, 6.45) is 2.42. The topological polar surface area (TPSA) is 134 Å². The molecule has 1 heterocycles. The van der Waals surface area contributed by atoms with Gasteiger partial charge < -0.3 is 22.9 Å². The van der Waals surface area contributed by atoms with E-state index in [-0.39, 0.29) is 24.8 Å². The Balaban J connectivity index is 0.000000576. The number of hydrogen-bond donors (Lipinski definition) is 4. The normalized spacial score (nSPS) is 10.9. The van der Waals surface area contributed by atoms with Crippen molar-refractivity contribution >= 4 is 69.6 Å². The van der Waals surface area contributed by atoms with Gasteiger partial charge in [0, 0.05) is 5.56 Å². The van der Waals surface area contributed by atoms with Gasteiger partial charge >= 0.3 is 0 Å². The number of fused-ring (bicyclic) bond motifs is 1. The Morgan fingerprint density at radius 3 is 2.41 bits per heavy atom. The van der Waals surface area contributed by atoms with Crippen LogP contribution in [0.4, 0.5) is 5.69 Å². The van der Waals surface area contributed by atoms with Gasteiger partial charge in [-0.3, -0.25) is 4.79 Å². The van der Waals surface area contributed by atoms with Crippen LogP contribution in [0.3, 0.4) is 0 Å². The number of aromatic nitrogens is 1. The van der Waals surface area contributed by atoms with E-state index in [0.29, 0.717) is 23.7 Å². The average molecular weight is 479 g/mol. The average Bonchev–Trinajstić information content (AvgIpc) is 3.08. The van der Waals surface area contributed by atoms with E-state index < -0.39 is 11.9 Å². The van der Waals surface area contributed by atoms with Crippen molar-refractivity contribution in [3.05, 3.63) is 47.5 Å². The van der Waals surface area contributed by atoms with Crippen molar-refractivity contribution in [2.24, 2.45) is 17.2 Å². The lowest BCUT2D eigenvalue weighted by Crippen LogP contribution is -2.36. The van der Waals surface area contributed by atoms with Crippen LogP contribution in [-0.2, 0) is 4.79 Å². The fourth-order valence-corrected chi connectivity index (χ4v) is 3.45. The van der Waals surface area contributed by atoms with Gasteiger partial charge in [0.1, 0.15) is 5.01 Å². The van der Waals surface area contributed by atoms with E-state index in [1.54, 1.807) is 11.3 Å². The SMILES string of the molecule is Cl.Cl.NCCCC[C@H](N)C(N)=O.Nc1ccc(-c2nc3ccccc3s2)cc1Cl. The summed E-state index contributed by atoms with van der Waals surface area (Å²) in [5, 5.41) is 1.54. The maximum Gasteiger partial charge on any atom is 0.234 e. The third-order valence-electron chi connectivity index (χ3n) is 3.88. The van der Waals surface area contributed by atoms with Crippen LogP contribution in [0.1, 0.15) is 19.3 Å².